The van der Waals surface area contributed by atoms with Crippen LogP contribution in [0.2, 0.25) is 0 Å². The molecule has 1 aromatic carbocycles. The molecule has 0 aliphatic carbocycles. The molecular formula is C23H27F3N6O4. The minimum absolute atomic E-state index is 0.0320. The number of benzene rings is 1. The summed E-state index contributed by atoms with van der Waals surface area (Å²) in [5, 5.41) is 9.76. The second-order valence-electron chi connectivity index (χ2n) is 8.28. The predicted octanol–water partition coefficient (Wildman–Crippen LogP) is 2.24. The van der Waals surface area contributed by atoms with Gasteiger partial charge < -0.3 is 20.7 Å². The molecule has 1 fully saturated rings. The lowest BCUT2D eigenvalue weighted by atomic mass is 9.96. The lowest BCUT2D eigenvalue weighted by Crippen LogP contribution is -2.41. The number of hydrogen-bond acceptors (Lipinski definition) is 6. The molecule has 194 valence electrons. The van der Waals surface area contributed by atoms with E-state index in [1.807, 2.05) is 5.32 Å². The number of halogens is 3. The zero-order valence-electron chi connectivity index (χ0n) is 19.5. The van der Waals surface area contributed by atoms with Crippen LogP contribution in [0.4, 0.5) is 13.2 Å². The number of likely N-dealkylation sites (tertiary alicyclic amines) is 1. The molecule has 3 amide bonds. The van der Waals surface area contributed by atoms with Gasteiger partial charge in [-0.25, -0.2) is 4.68 Å². The van der Waals surface area contributed by atoms with Gasteiger partial charge in [0.15, 0.2) is 5.69 Å². The number of hydrogen-bond donors (Lipinski definition) is 2. The molecule has 0 atom stereocenters. The molecule has 13 heteroatoms. The number of nitrogens with two attached hydrogens (primary N) is 1. The van der Waals surface area contributed by atoms with Crippen LogP contribution in [0.1, 0.15) is 46.5 Å². The van der Waals surface area contributed by atoms with E-state index in [-0.39, 0.29) is 41.3 Å². The van der Waals surface area contributed by atoms with Crippen LogP contribution in [0.3, 0.4) is 0 Å². The van der Waals surface area contributed by atoms with Crippen LogP contribution in [0.15, 0.2) is 37.1 Å². The molecule has 1 aliphatic heterocycles. The van der Waals surface area contributed by atoms with E-state index in [4.69, 9.17) is 10.5 Å². The van der Waals surface area contributed by atoms with Gasteiger partial charge in [-0.3, -0.25) is 14.4 Å². The number of rotatable bonds is 10. The smallest absolute Gasteiger partial charge is 0.405 e. The van der Waals surface area contributed by atoms with Crippen molar-refractivity contribution in [3.8, 4) is 11.4 Å². The third-order valence-corrected chi connectivity index (χ3v) is 5.63. The molecule has 3 rings (SSSR count). The van der Waals surface area contributed by atoms with Crippen LogP contribution in [0.5, 0.6) is 5.75 Å². The fraction of sp³-hybridized carbons (Fsp3) is 0.435. The van der Waals surface area contributed by atoms with E-state index in [0.29, 0.717) is 44.5 Å². The summed E-state index contributed by atoms with van der Waals surface area (Å²) in [5.74, 6) is -1.74. The first-order valence-corrected chi connectivity index (χ1v) is 11.3. The first kappa shape index (κ1) is 26.7. The average Bonchev–Trinajstić information content (AvgIpc) is 3.34. The van der Waals surface area contributed by atoms with Crippen LogP contribution >= 0.6 is 0 Å². The van der Waals surface area contributed by atoms with Crippen molar-refractivity contribution in [2.75, 3.05) is 26.2 Å². The molecule has 10 nitrogen and oxygen atoms in total. The predicted molar refractivity (Wildman–Crippen MR) is 122 cm³/mol. The molecule has 3 N–H and O–H groups in total. The van der Waals surface area contributed by atoms with E-state index < -0.39 is 18.6 Å². The Bertz CT molecular complexity index is 1110. The number of ether oxygens (including phenoxy) is 1. The Morgan fingerprint density at radius 1 is 1.25 bits per heavy atom. The van der Waals surface area contributed by atoms with E-state index in [1.54, 1.807) is 11.0 Å². The van der Waals surface area contributed by atoms with Gasteiger partial charge in [-0.2, -0.15) is 13.2 Å². The van der Waals surface area contributed by atoms with E-state index in [0.717, 1.165) is 0 Å². The van der Waals surface area contributed by atoms with Gasteiger partial charge in [0, 0.05) is 24.6 Å². The molecule has 0 unspecified atom stereocenters. The molecule has 0 radical (unpaired) electrons. The number of carbonyl (C=O) groups excluding carboxylic acids is 3. The first-order valence-electron chi connectivity index (χ1n) is 11.3. The minimum atomic E-state index is -4.54. The van der Waals surface area contributed by atoms with Crippen LogP contribution in [-0.2, 0) is 4.79 Å². The summed E-state index contributed by atoms with van der Waals surface area (Å²) >= 11 is 0. The second-order valence-corrected chi connectivity index (χ2v) is 8.28. The summed E-state index contributed by atoms with van der Waals surface area (Å²) < 4.78 is 44.5. The summed E-state index contributed by atoms with van der Waals surface area (Å²) in [6, 6.07) is 4.09. The summed E-state index contributed by atoms with van der Waals surface area (Å²) in [5.41, 5.74) is 5.72. The topological polar surface area (TPSA) is 132 Å². The zero-order chi connectivity index (χ0) is 26.3. The van der Waals surface area contributed by atoms with Crippen molar-refractivity contribution < 1.29 is 32.3 Å². The van der Waals surface area contributed by atoms with Crippen molar-refractivity contribution in [1.29, 1.82) is 0 Å². The molecule has 0 bridgehead atoms. The maximum Gasteiger partial charge on any atom is 0.405 e. The van der Waals surface area contributed by atoms with Crippen molar-refractivity contribution >= 4 is 17.7 Å². The van der Waals surface area contributed by atoms with Crippen molar-refractivity contribution in [2.24, 2.45) is 11.7 Å². The molecule has 2 heterocycles. The van der Waals surface area contributed by atoms with Gasteiger partial charge >= 0.3 is 6.18 Å². The van der Waals surface area contributed by atoms with E-state index >= 15 is 0 Å². The highest BCUT2D eigenvalue weighted by Gasteiger charge is 2.29. The Labute approximate surface area is 205 Å². The molecule has 1 aliphatic rings. The highest BCUT2D eigenvalue weighted by molar-refractivity contribution is 5.95. The van der Waals surface area contributed by atoms with Gasteiger partial charge in [-0.15, -0.1) is 11.7 Å². The fourth-order valence-corrected chi connectivity index (χ4v) is 3.66. The number of piperidine rings is 1. The third kappa shape index (κ3) is 7.06. The fourth-order valence-electron chi connectivity index (χ4n) is 3.66. The van der Waals surface area contributed by atoms with Crippen molar-refractivity contribution in [3.05, 3.63) is 48.3 Å². The molecule has 1 aromatic heterocycles. The quantitative estimate of drug-likeness (QED) is 0.374. The van der Waals surface area contributed by atoms with E-state index in [2.05, 4.69) is 16.9 Å². The van der Waals surface area contributed by atoms with Gasteiger partial charge in [0.2, 0.25) is 5.91 Å². The van der Waals surface area contributed by atoms with Gasteiger partial charge in [-0.05, 0) is 43.9 Å². The molecule has 2 aromatic rings. The number of amides is 3. The number of nitrogens with zero attached hydrogens (tertiary/aromatic N) is 4. The summed E-state index contributed by atoms with van der Waals surface area (Å²) in [6.45, 7) is 3.14. The number of alkyl halides is 3. The molecular weight excluding hydrogens is 481 g/mol. The first-order chi connectivity index (χ1) is 17.1. The van der Waals surface area contributed by atoms with Gasteiger partial charge in [0.05, 0.1) is 12.8 Å². The number of allylic oxidation sites excluding steroid dienone is 1. The number of nitrogens with one attached hydrogen (secondary N) is 1. The normalized spacial score (nSPS) is 14.4. The van der Waals surface area contributed by atoms with Crippen LogP contribution in [0.25, 0.3) is 5.69 Å². The number of carbonyl (C=O) groups is 3. The average molecular weight is 509 g/mol. The number of aromatic nitrogens is 3. The van der Waals surface area contributed by atoms with Crippen LogP contribution in [0, 0.1) is 5.92 Å². The van der Waals surface area contributed by atoms with Gasteiger partial charge in [0.1, 0.15) is 18.0 Å². The van der Waals surface area contributed by atoms with E-state index in [9.17, 15) is 27.6 Å². The van der Waals surface area contributed by atoms with Crippen LogP contribution < -0.4 is 15.8 Å². The number of primary amides is 1. The lowest BCUT2D eigenvalue weighted by Gasteiger charge is -2.29. The highest BCUT2D eigenvalue weighted by Crippen LogP contribution is 2.26. The van der Waals surface area contributed by atoms with Crippen molar-refractivity contribution in [1.82, 2.24) is 25.2 Å². The Kier molecular flexibility index (Phi) is 8.67. The van der Waals surface area contributed by atoms with Crippen molar-refractivity contribution in [3.63, 3.8) is 0 Å². The standard InChI is InChI=1S/C23H27F3N6O4/c1-2-3-4-11-36-19-12-16(21(34)28-14-23(24,25)26)5-6-18(19)32-13-17(29-30-32)22(35)31-9-7-15(8-10-31)20(27)33/h2,5-6,12-13,15H,1,3-4,7-11,14H2,(H2,27,33)(H,28,34). The van der Waals surface area contributed by atoms with Crippen molar-refractivity contribution in [2.45, 2.75) is 31.9 Å². The maximum absolute atomic E-state index is 12.9. The summed E-state index contributed by atoms with van der Waals surface area (Å²) in [7, 11) is 0. The second kappa shape index (κ2) is 11.7. The zero-order valence-corrected chi connectivity index (χ0v) is 19.5. The summed E-state index contributed by atoms with van der Waals surface area (Å²) in [4.78, 5) is 38.0. The minimum Gasteiger partial charge on any atom is -0.491 e. The van der Waals surface area contributed by atoms with Gasteiger partial charge in [-0.1, -0.05) is 11.3 Å². The Morgan fingerprint density at radius 3 is 2.61 bits per heavy atom. The monoisotopic (exact) mass is 508 g/mol. The largest absolute Gasteiger partial charge is 0.491 e. The summed E-state index contributed by atoms with van der Waals surface area (Å²) in [6.07, 6.45) is 0.805. The maximum atomic E-state index is 12.9. The Hall–Kier alpha value is -3.90. The lowest BCUT2D eigenvalue weighted by molar-refractivity contribution is -0.123. The van der Waals surface area contributed by atoms with E-state index in [1.165, 1.54) is 29.1 Å². The highest BCUT2D eigenvalue weighted by atomic mass is 19.4. The van der Waals surface area contributed by atoms with Crippen LogP contribution in [-0.4, -0.2) is 70.0 Å². The SMILES string of the molecule is C=CCCCOc1cc(C(=O)NCC(F)(F)F)ccc1-n1cc(C(=O)N2CCC(C(N)=O)CC2)nn1. The molecule has 0 saturated carbocycles. The molecule has 1 saturated heterocycles. The molecule has 0 spiro atoms. The van der Waals surface area contributed by atoms with Gasteiger partial charge in [0.25, 0.3) is 11.8 Å². The number of unbranched alkanes of at least 4 members (excludes halogenated alkanes) is 1. The third-order valence-electron chi connectivity index (χ3n) is 5.63. The Balaban J connectivity index is 1.78. The Morgan fingerprint density at radius 2 is 1.97 bits per heavy atom. The molecule has 36 heavy (non-hydrogen) atoms.